The maximum Gasteiger partial charge on any atom is 0.148 e. The average molecular weight is 240 g/mol. The second kappa shape index (κ2) is 5.91. The van der Waals surface area contributed by atoms with Gasteiger partial charge in [0, 0.05) is 13.1 Å². The van der Waals surface area contributed by atoms with Gasteiger partial charge in [-0.15, -0.1) is 0 Å². The smallest absolute Gasteiger partial charge is 0.148 e. The minimum atomic E-state index is -0.352. The van der Waals surface area contributed by atoms with Gasteiger partial charge in [0.15, 0.2) is 0 Å². The van der Waals surface area contributed by atoms with Gasteiger partial charge in [0.25, 0.3) is 0 Å². The van der Waals surface area contributed by atoms with Gasteiger partial charge in [-0.05, 0) is 26.2 Å². The first kappa shape index (κ1) is 13.8. The van der Waals surface area contributed by atoms with Gasteiger partial charge in [-0.25, -0.2) is 4.68 Å². The Bertz CT molecular complexity index is 360. The molecule has 5 heteroatoms. The molecule has 0 bridgehead atoms. The Labute approximate surface area is 103 Å². The zero-order valence-electron chi connectivity index (χ0n) is 11.2. The van der Waals surface area contributed by atoms with Gasteiger partial charge in [-0.1, -0.05) is 13.8 Å². The van der Waals surface area contributed by atoms with E-state index in [2.05, 4.69) is 24.3 Å². The second-order valence-electron chi connectivity index (χ2n) is 4.83. The molecule has 4 N–H and O–H groups in total. The van der Waals surface area contributed by atoms with Gasteiger partial charge >= 0.3 is 0 Å². The van der Waals surface area contributed by atoms with Gasteiger partial charge in [0.1, 0.15) is 5.82 Å². The van der Waals surface area contributed by atoms with Crippen molar-refractivity contribution in [2.24, 2.45) is 5.92 Å². The molecule has 0 aliphatic heterocycles. The molecule has 0 aromatic carbocycles. The number of aliphatic hydroxyl groups excluding tert-OH is 1. The molecule has 0 amide bonds. The summed E-state index contributed by atoms with van der Waals surface area (Å²) in [6, 6.07) is 0. The van der Waals surface area contributed by atoms with Crippen LogP contribution in [0.15, 0.2) is 0 Å². The zero-order chi connectivity index (χ0) is 13.0. The molecule has 1 aromatic rings. The van der Waals surface area contributed by atoms with E-state index in [1.165, 1.54) is 0 Å². The van der Waals surface area contributed by atoms with Crippen LogP contribution < -0.4 is 11.1 Å². The van der Waals surface area contributed by atoms with Crippen LogP contribution in [0.1, 0.15) is 32.9 Å². The summed E-state index contributed by atoms with van der Waals surface area (Å²) in [6.07, 6.45) is 0.432. The van der Waals surface area contributed by atoms with Crippen molar-refractivity contribution in [3.63, 3.8) is 0 Å². The van der Waals surface area contributed by atoms with Crippen LogP contribution >= 0.6 is 0 Å². The number of aryl methyl sites for hydroxylation is 2. The summed E-state index contributed by atoms with van der Waals surface area (Å²) in [5.41, 5.74) is 7.44. The van der Waals surface area contributed by atoms with Crippen molar-refractivity contribution in [2.75, 3.05) is 17.6 Å². The van der Waals surface area contributed by atoms with E-state index in [0.29, 0.717) is 18.2 Å². The van der Waals surface area contributed by atoms with Crippen molar-refractivity contribution >= 4 is 11.5 Å². The standard InChI is InChI=1S/C12H24N4O/c1-5-16-12(11(13)9(4)15-16)14-7-10(17)6-8(2)3/h8,10,14,17H,5-7,13H2,1-4H3. The molecule has 0 saturated carbocycles. The highest BCUT2D eigenvalue weighted by molar-refractivity contribution is 5.64. The minimum absolute atomic E-state index is 0.352. The highest BCUT2D eigenvalue weighted by atomic mass is 16.3. The molecular formula is C12H24N4O. The summed E-state index contributed by atoms with van der Waals surface area (Å²) in [5.74, 6) is 1.30. The third-order valence-corrected chi connectivity index (χ3v) is 2.72. The van der Waals surface area contributed by atoms with Crippen molar-refractivity contribution < 1.29 is 5.11 Å². The second-order valence-corrected chi connectivity index (χ2v) is 4.83. The Hall–Kier alpha value is -1.23. The van der Waals surface area contributed by atoms with Crippen molar-refractivity contribution in [1.29, 1.82) is 0 Å². The van der Waals surface area contributed by atoms with E-state index in [4.69, 9.17) is 5.73 Å². The first-order chi connectivity index (χ1) is 7.95. The third kappa shape index (κ3) is 3.63. The van der Waals surface area contributed by atoms with Crippen LogP contribution in [0.2, 0.25) is 0 Å². The summed E-state index contributed by atoms with van der Waals surface area (Å²) in [6.45, 7) is 9.36. The van der Waals surface area contributed by atoms with Crippen LogP contribution in [0, 0.1) is 12.8 Å². The van der Waals surface area contributed by atoms with Crippen LogP contribution in [0.3, 0.4) is 0 Å². The van der Waals surface area contributed by atoms with E-state index in [1.54, 1.807) is 0 Å². The predicted molar refractivity (Wildman–Crippen MR) is 71.0 cm³/mol. The van der Waals surface area contributed by atoms with E-state index in [0.717, 1.165) is 24.5 Å². The minimum Gasteiger partial charge on any atom is -0.394 e. The summed E-state index contributed by atoms with van der Waals surface area (Å²) in [5, 5.41) is 17.3. The van der Waals surface area contributed by atoms with Gasteiger partial charge in [-0.2, -0.15) is 5.10 Å². The van der Waals surface area contributed by atoms with E-state index in [9.17, 15) is 5.11 Å². The summed E-state index contributed by atoms with van der Waals surface area (Å²) in [7, 11) is 0. The molecule has 5 nitrogen and oxygen atoms in total. The van der Waals surface area contributed by atoms with Crippen molar-refractivity contribution in [2.45, 2.75) is 46.8 Å². The molecule has 0 aliphatic carbocycles. The molecule has 1 aromatic heterocycles. The molecule has 1 unspecified atom stereocenters. The Morgan fingerprint density at radius 1 is 1.47 bits per heavy atom. The quantitative estimate of drug-likeness (QED) is 0.706. The lowest BCUT2D eigenvalue weighted by molar-refractivity contribution is 0.161. The summed E-state index contributed by atoms with van der Waals surface area (Å²) < 4.78 is 1.83. The van der Waals surface area contributed by atoms with Crippen molar-refractivity contribution in [1.82, 2.24) is 9.78 Å². The normalized spacial score (nSPS) is 13.1. The third-order valence-electron chi connectivity index (χ3n) is 2.72. The van der Waals surface area contributed by atoms with Crippen LogP contribution in [0.5, 0.6) is 0 Å². The fourth-order valence-electron chi connectivity index (χ4n) is 1.85. The topological polar surface area (TPSA) is 76.1 Å². The van der Waals surface area contributed by atoms with E-state index in [1.807, 2.05) is 18.5 Å². The maximum atomic E-state index is 9.81. The monoisotopic (exact) mass is 240 g/mol. The fraction of sp³-hybridized carbons (Fsp3) is 0.750. The number of aliphatic hydroxyl groups is 1. The first-order valence-electron chi connectivity index (χ1n) is 6.20. The molecule has 0 radical (unpaired) electrons. The molecule has 98 valence electrons. The molecular weight excluding hydrogens is 216 g/mol. The van der Waals surface area contributed by atoms with Crippen molar-refractivity contribution in [3.8, 4) is 0 Å². The van der Waals surface area contributed by atoms with Gasteiger partial charge < -0.3 is 16.2 Å². The van der Waals surface area contributed by atoms with E-state index in [-0.39, 0.29) is 6.10 Å². The SMILES string of the molecule is CCn1nc(C)c(N)c1NCC(O)CC(C)C. The number of nitrogen functional groups attached to an aromatic ring is 1. The Kier molecular flexibility index (Phi) is 4.81. The number of anilines is 2. The number of rotatable bonds is 6. The van der Waals surface area contributed by atoms with Crippen LogP contribution in [-0.4, -0.2) is 27.5 Å². The van der Waals surface area contributed by atoms with Gasteiger partial charge in [-0.3, -0.25) is 0 Å². The number of aromatic nitrogens is 2. The van der Waals surface area contributed by atoms with Crippen LogP contribution in [0.4, 0.5) is 11.5 Å². The lowest BCUT2D eigenvalue weighted by Crippen LogP contribution is -2.23. The maximum absolute atomic E-state index is 9.81. The molecule has 0 saturated heterocycles. The highest BCUT2D eigenvalue weighted by Crippen LogP contribution is 2.22. The summed E-state index contributed by atoms with van der Waals surface area (Å²) in [4.78, 5) is 0. The van der Waals surface area contributed by atoms with Crippen LogP contribution in [0.25, 0.3) is 0 Å². The first-order valence-corrected chi connectivity index (χ1v) is 6.20. The Morgan fingerprint density at radius 2 is 2.12 bits per heavy atom. The Morgan fingerprint density at radius 3 is 2.65 bits per heavy atom. The highest BCUT2D eigenvalue weighted by Gasteiger charge is 2.13. The fourth-order valence-corrected chi connectivity index (χ4v) is 1.85. The largest absolute Gasteiger partial charge is 0.394 e. The molecule has 17 heavy (non-hydrogen) atoms. The van der Waals surface area contributed by atoms with Crippen molar-refractivity contribution in [3.05, 3.63) is 5.69 Å². The lowest BCUT2D eigenvalue weighted by Gasteiger charge is -2.15. The molecule has 1 heterocycles. The van der Waals surface area contributed by atoms with Crippen LogP contribution in [-0.2, 0) is 6.54 Å². The van der Waals surface area contributed by atoms with E-state index < -0.39 is 0 Å². The number of nitrogens with one attached hydrogen (secondary N) is 1. The number of nitrogens with two attached hydrogens (primary N) is 1. The molecule has 0 spiro atoms. The average Bonchev–Trinajstić information content (AvgIpc) is 2.51. The Balaban J connectivity index is 2.62. The lowest BCUT2D eigenvalue weighted by atomic mass is 10.1. The predicted octanol–water partition coefficient (Wildman–Crippen LogP) is 1.61. The molecule has 0 fully saturated rings. The molecule has 1 rings (SSSR count). The molecule has 1 atom stereocenters. The van der Waals surface area contributed by atoms with Gasteiger partial charge in [0.2, 0.25) is 0 Å². The van der Waals surface area contributed by atoms with Gasteiger partial charge in [0.05, 0.1) is 17.5 Å². The zero-order valence-corrected chi connectivity index (χ0v) is 11.2. The van der Waals surface area contributed by atoms with E-state index >= 15 is 0 Å². The number of hydrogen-bond acceptors (Lipinski definition) is 4. The number of hydrogen-bond donors (Lipinski definition) is 3. The summed E-state index contributed by atoms with van der Waals surface area (Å²) >= 11 is 0. The number of nitrogens with zero attached hydrogens (tertiary/aromatic N) is 2. The molecule has 0 aliphatic rings.